The van der Waals surface area contributed by atoms with Crippen molar-refractivity contribution in [1.29, 1.82) is 0 Å². The smallest absolute Gasteiger partial charge is 0.159 e. The van der Waals surface area contributed by atoms with Gasteiger partial charge in [-0.2, -0.15) is 0 Å². The number of ketones is 1. The van der Waals surface area contributed by atoms with E-state index in [1.807, 2.05) is 24.3 Å². The molecule has 1 aromatic heterocycles. The molecule has 0 radical (unpaired) electrons. The first-order chi connectivity index (χ1) is 8.43. The van der Waals surface area contributed by atoms with Crippen LogP contribution in [-0.2, 0) is 17.8 Å². The standard InChI is InChI=1S/C14H19N3O/c1-4-17-11-8-6-5-7-10(11)16-13(17)9-12(18)14(2,3)15/h5-8H,4,9,15H2,1-3H3. The first-order valence-corrected chi connectivity index (χ1v) is 6.20. The Hall–Kier alpha value is -1.68. The summed E-state index contributed by atoms with van der Waals surface area (Å²) in [5.74, 6) is 0.801. The van der Waals surface area contributed by atoms with Gasteiger partial charge < -0.3 is 10.3 Å². The second-order valence-corrected chi connectivity index (χ2v) is 5.08. The predicted octanol–water partition coefficient (Wildman–Crippen LogP) is 1.91. The Balaban J connectivity index is 2.42. The number of hydrogen-bond donors (Lipinski definition) is 1. The minimum absolute atomic E-state index is 0.00695. The molecule has 0 aliphatic heterocycles. The van der Waals surface area contributed by atoms with Crippen molar-refractivity contribution in [1.82, 2.24) is 9.55 Å². The largest absolute Gasteiger partial charge is 0.328 e. The van der Waals surface area contributed by atoms with Crippen LogP contribution in [-0.4, -0.2) is 20.9 Å². The zero-order valence-corrected chi connectivity index (χ0v) is 11.1. The highest BCUT2D eigenvalue weighted by atomic mass is 16.1. The van der Waals surface area contributed by atoms with E-state index in [4.69, 9.17) is 5.73 Å². The molecule has 2 rings (SSSR count). The average molecular weight is 245 g/mol. The molecule has 0 aliphatic carbocycles. The summed E-state index contributed by atoms with van der Waals surface area (Å²) in [5, 5.41) is 0. The number of carbonyl (C=O) groups excluding carboxylic acids is 1. The van der Waals surface area contributed by atoms with Gasteiger partial charge in [-0.3, -0.25) is 4.79 Å². The van der Waals surface area contributed by atoms with Gasteiger partial charge in [0.1, 0.15) is 5.82 Å². The highest BCUT2D eigenvalue weighted by molar-refractivity contribution is 5.89. The number of aromatic nitrogens is 2. The van der Waals surface area contributed by atoms with Crippen LogP contribution in [0.1, 0.15) is 26.6 Å². The molecule has 2 aromatic rings. The maximum absolute atomic E-state index is 12.0. The van der Waals surface area contributed by atoms with Gasteiger partial charge in [-0.05, 0) is 32.9 Å². The summed E-state index contributed by atoms with van der Waals surface area (Å²) in [6, 6.07) is 7.92. The van der Waals surface area contributed by atoms with Crippen molar-refractivity contribution >= 4 is 16.8 Å². The minimum atomic E-state index is -0.809. The Morgan fingerprint density at radius 2 is 2.06 bits per heavy atom. The molecular formula is C14H19N3O. The number of nitrogens with two attached hydrogens (primary N) is 1. The number of hydrogen-bond acceptors (Lipinski definition) is 3. The maximum Gasteiger partial charge on any atom is 0.159 e. The molecule has 0 unspecified atom stereocenters. The number of nitrogens with zero attached hydrogens (tertiary/aromatic N) is 2. The highest BCUT2D eigenvalue weighted by Crippen LogP contribution is 2.17. The van der Waals surface area contributed by atoms with E-state index in [0.717, 1.165) is 23.4 Å². The normalized spacial score (nSPS) is 12.0. The Morgan fingerprint density at radius 1 is 1.39 bits per heavy atom. The lowest BCUT2D eigenvalue weighted by Gasteiger charge is -2.16. The van der Waals surface area contributed by atoms with Crippen LogP contribution in [0.3, 0.4) is 0 Å². The number of benzene rings is 1. The summed E-state index contributed by atoms with van der Waals surface area (Å²) >= 11 is 0. The van der Waals surface area contributed by atoms with Crippen LogP contribution in [0, 0.1) is 0 Å². The fourth-order valence-electron chi connectivity index (χ4n) is 1.98. The van der Waals surface area contributed by atoms with Gasteiger partial charge in [0, 0.05) is 6.54 Å². The summed E-state index contributed by atoms with van der Waals surface area (Å²) in [6.07, 6.45) is 0.284. The fourth-order valence-corrected chi connectivity index (χ4v) is 1.98. The summed E-state index contributed by atoms with van der Waals surface area (Å²) in [5.41, 5.74) is 7.01. The average Bonchev–Trinajstić information content (AvgIpc) is 2.64. The maximum atomic E-state index is 12.0. The first-order valence-electron chi connectivity index (χ1n) is 6.20. The molecule has 0 saturated carbocycles. The molecule has 1 heterocycles. The Bertz CT molecular complexity index is 578. The van der Waals surface area contributed by atoms with Crippen molar-refractivity contribution in [2.24, 2.45) is 5.73 Å². The van der Waals surface area contributed by atoms with Gasteiger partial charge in [-0.15, -0.1) is 0 Å². The SMILES string of the molecule is CCn1c(CC(=O)C(C)(C)N)nc2ccccc21. The zero-order valence-electron chi connectivity index (χ0n) is 11.1. The number of imidazole rings is 1. The molecule has 0 aliphatic rings. The van der Waals surface area contributed by atoms with E-state index in [1.165, 1.54) is 0 Å². The van der Waals surface area contributed by atoms with Gasteiger partial charge in [0.2, 0.25) is 0 Å². The van der Waals surface area contributed by atoms with Crippen molar-refractivity contribution in [3.05, 3.63) is 30.1 Å². The summed E-state index contributed by atoms with van der Waals surface area (Å²) in [4.78, 5) is 16.5. The summed E-state index contributed by atoms with van der Waals surface area (Å²) in [6.45, 7) is 6.31. The fraction of sp³-hybridized carbons (Fsp3) is 0.429. The molecule has 18 heavy (non-hydrogen) atoms. The van der Waals surface area contributed by atoms with Crippen LogP contribution >= 0.6 is 0 Å². The Morgan fingerprint density at radius 3 is 2.67 bits per heavy atom. The molecule has 2 N–H and O–H groups in total. The van der Waals surface area contributed by atoms with Gasteiger partial charge in [-0.1, -0.05) is 12.1 Å². The van der Waals surface area contributed by atoms with E-state index in [1.54, 1.807) is 13.8 Å². The third-order valence-corrected chi connectivity index (χ3v) is 3.09. The second kappa shape index (κ2) is 4.53. The van der Waals surface area contributed by atoms with E-state index in [-0.39, 0.29) is 12.2 Å². The van der Waals surface area contributed by atoms with Crippen LogP contribution in [0.15, 0.2) is 24.3 Å². The number of Topliss-reactive ketones (excluding diaryl/α,β-unsaturated/α-hetero) is 1. The lowest BCUT2D eigenvalue weighted by molar-refractivity contribution is -0.122. The predicted molar refractivity (Wildman–Crippen MR) is 72.4 cm³/mol. The van der Waals surface area contributed by atoms with E-state index in [9.17, 15) is 4.79 Å². The van der Waals surface area contributed by atoms with Crippen LogP contribution in [0.25, 0.3) is 11.0 Å². The molecule has 0 bridgehead atoms. The van der Waals surface area contributed by atoms with E-state index >= 15 is 0 Å². The van der Waals surface area contributed by atoms with Crippen molar-refractivity contribution in [2.45, 2.75) is 39.3 Å². The van der Waals surface area contributed by atoms with Gasteiger partial charge in [0.15, 0.2) is 5.78 Å². The molecule has 4 heteroatoms. The first kappa shape index (κ1) is 12.8. The molecule has 0 amide bonds. The van der Waals surface area contributed by atoms with Crippen molar-refractivity contribution in [3.8, 4) is 0 Å². The molecular weight excluding hydrogens is 226 g/mol. The number of para-hydroxylation sites is 2. The van der Waals surface area contributed by atoms with Crippen molar-refractivity contribution < 1.29 is 4.79 Å². The third kappa shape index (κ3) is 2.29. The quantitative estimate of drug-likeness (QED) is 0.895. The number of aryl methyl sites for hydroxylation is 1. The van der Waals surface area contributed by atoms with E-state index in [0.29, 0.717) is 0 Å². The van der Waals surface area contributed by atoms with Gasteiger partial charge in [0.25, 0.3) is 0 Å². The van der Waals surface area contributed by atoms with Crippen LogP contribution < -0.4 is 5.73 Å². The number of fused-ring (bicyclic) bond motifs is 1. The van der Waals surface area contributed by atoms with Gasteiger partial charge in [-0.25, -0.2) is 4.98 Å². The zero-order chi connectivity index (χ0) is 13.3. The molecule has 0 saturated heterocycles. The van der Waals surface area contributed by atoms with Gasteiger partial charge in [0.05, 0.1) is 23.0 Å². The Labute approximate surface area is 107 Å². The lowest BCUT2D eigenvalue weighted by Crippen LogP contribution is -2.42. The van der Waals surface area contributed by atoms with E-state index < -0.39 is 5.54 Å². The number of rotatable bonds is 4. The summed E-state index contributed by atoms with van der Waals surface area (Å²) < 4.78 is 2.07. The summed E-state index contributed by atoms with van der Waals surface area (Å²) in [7, 11) is 0. The molecule has 1 aromatic carbocycles. The second-order valence-electron chi connectivity index (χ2n) is 5.08. The van der Waals surface area contributed by atoms with Gasteiger partial charge >= 0.3 is 0 Å². The van der Waals surface area contributed by atoms with Crippen LogP contribution in [0.2, 0.25) is 0 Å². The highest BCUT2D eigenvalue weighted by Gasteiger charge is 2.24. The topological polar surface area (TPSA) is 60.9 Å². The molecule has 0 atom stereocenters. The number of carbonyl (C=O) groups is 1. The Kier molecular flexibility index (Phi) is 3.22. The van der Waals surface area contributed by atoms with Crippen LogP contribution in [0.4, 0.5) is 0 Å². The molecule has 96 valence electrons. The monoisotopic (exact) mass is 245 g/mol. The van der Waals surface area contributed by atoms with E-state index in [2.05, 4.69) is 16.5 Å². The molecule has 0 spiro atoms. The van der Waals surface area contributed by atoms with Crippen molar-refractivity contribution in [3.63, 3.8) is 0 Å². The third-order valence-electron chi connectivity index (χ3n) is 3.09. The molecule has 0 fully saturated rings. The van der Waals surface area contributed by atoms with Crippen LogP contribution in [0.5, 0.6) is 0 Å². The van der Waals surface area contributed by atoms with Crippen molar-refractivity contribution in [2.75, 3.05) is 0 Å². The lowest BCUT2D eigenvalue weighted by atomic mass is 9.98. The molecule has 4 nitrogen and oxygen atoms in total. The minimum Gasteiger partial charge on any atom is -0.328 e.